The van der Waals surface area contributed by atoms with Crippen molar-refractivity contribution in [3.8, 4) is 5.75 Å². The molecule has 1 aromatic heterocycles. The second-order valence-corrected chi connectivity index (χ2v) is 8.05. The predicted molar refractivity (Wildman–Crippen MR) is 134 cm³/mol. The van der Waals surface area contributed by atoms with Gasteiger partial charge in [-0.15, -0.1) is 12.4 Å². The highest BCUT2D eigenvalue weighted by atomic mass is 35.5. The summed E-state index contributed by atoms with van der Waals surface area (Å²) in [5.41, 5.74) is 8.50. The summed E-state index contributed by atoms with van der Waals surface area (Å²) in [7, 11) is 3.45. The number of imidazole rings is 1. The fourth-order valence-corrected chi connectivity index (χ4v) is 4.21. The standard InChI is InChI=1S/C24H27FN6O3.ClH/c1-31-17-9-4-10-18(34-2)21(17)30-22(31)16(8-5-11-27-19(26)12-25)29-23(32)15-7-3-6-14-13-28-24(33)20(14)15;/h3-4,6-7,9-10,16H,5,8,11-13H2,1-2H3,(H2,26,27)(H,28,33)(H,29,32);1H/t16-;/m0./s1. The monoisotopic (exact) mass is 502 g/mol. The van der Waals surface area contributed by atoms with E-state index in [0.29, 0.717) is 54.1 Å². The Morgan fingerprint density at radius 3 is 2.86 bits per heavy atom. The van der Waals surface area contributed by atoms with Gasteiger partial charge in [-0.1, -0.05) is 18.2 Å². The van der Waals surface area contributed by atoms with E-state index in [1.54, 1.807) is 19.2 Å². The number of carbonyl (C=O) groups excluding carboxylic acids is 2. The Balaban J connectivity index is 0.00000342. The lowest BCUT2D eigenvalue weighted by atomic mass is 10.0. The average Bonchev–Trinajstić information content (AvgIpc) is 3.40. The average molecular weight is 503 g/mol. The first-order valence-electron chi connectivity index (χ1n) is 11.0. The second kappa shape index (κ2) is 11.2. The zero-order chi connectivity index (χ0) is 24.2. The second-order valence-electron chi connectivity index (χ2n) is 8.05. The number of hydrogen-bond acceptors (Lipinski definition) is 5. The molecule has 2 heterocycles. The molecule has 1 aliphatic rings. The number of fused-ring (bicyclic) bond motifs is 2. The molecule has 11 heteroatoms. The van der Waals surface area contributed by atoms with Crippen LogP contribution in [-0.4, -0.2) is 47.5 Å². The largest absolute Gasteiger partial charge is 0.494 e. The molecule has 0 saturated carbocycles. The Morgan fingerprint density at radius 2 is 2.11 bits per heavy atom. The molecule has 0 aliphatic carbocycles. The van der Waals surface area contributed by atoms with Crippen molar-refractivity contribution in [2.24, 2.45) is 17.8 Å². The van der Waals surface area contributed by atoms with Gasteiger partial charge in [0.2, 0.25) is 0 Å². The number of hydrogen-bond donors (Lipinski definition) is 3. The first kappa shape index (κ1) is 26.0. The molecule has 0 fully saturated rings. The van der Waals surface area contributed by atoms with Gasteiger partial charge in [-0.05, 0) is 36.6 Å². The number of nitrogens with two attached hydrogens (primary N) is 1. The van der Waals surface area contributed by atoms with Gasteiger partial charge in [-0.25, -0.2) is 9.37 Å². The zero-order valence-electron chi connectivity index (χ0n) is 19.5. The van der Waals surface area contributed by atoms with E-state index in [2.05, 4.69) is 15.6 Å². The molecule has 2 aromatic carbocycles. The minimum absolute atomic E-state index is 0. The van der Waals surface area contributed by atoms with Gasteiger partial charge in [0.15, 0.2) is 0 Å². The number of aliphatic imine (C=N–C) groups is 1. The number of nitrogens with one attached hydrogen (secondary N) is 2. The Labute approximate surface area is 208 Å². The van der Waals surface area contributed by atoms with Gasteiger partial charge in [-0.2, -0.15) is 0 Å². The van der Waals surface area contributed by atoms with Crippen molar-refractivity contribution in [2.45, 2.75) is 25.4 Å². The number of amidine groups is 1. The van der Waals surface area contributed by atoms with E-state index in [1.807, 2.05) is 35.9 Å². The molecule has 3 aromatic rings. The van der Waals surface area contributed by atoms with Gasteiger partial charge in [0.1, 0.15) is 29.6 Å². The highest BCUT2D eigenvalue weighted by Crippen LogP contribution is 2.29. The van der Waals surface area contributed by atoms with Crippen LogP contribution in [0.2, 0.25) is 0 Å². The summed E-state index contributed by atoms with van der Waals surface area (Å²) >= 11 is 0. The Morgan fingerprint density at radius 1 is 1.34 bits per heavy atom. The number of para-hydroxylation sites is 1. The predicted octanol–water partition coefficient (Wildman–Crippen LogP) is 2.83. The molecular weight excluding hydrogens is 475 g/mol. The summed E-state index contributed by atoms with van der Waals surface area (Å²) in [6.07, 6.45) is 1.02. The number of nitrogens with zero attached hydrogens (tertiary/aromatic N) is 3. The van der Waals surface area contributed by atoms with E-state index in [1.165, 1.54) is 0 Å². The molecule has 186 valence electrons. The van der Waals surface area contributed by atoms with Crippen LogP contribution in [0.4, 0.5) is 4.39 Å². The topological polar surface area (TPSA) is 124 Å². The molecule has 4 rings (SSSR count). The molecule has 0 unspecified atom stereocenters. The number of halogens is 2. The van der Waals surface area contributed by atoms with E-state index < -0.39 is 12.7 Å². The number of alkyl halides is 1. The van der Waals surface area contributed by atoms with Crippen LogP contribution in [-0.2, 0) is 13.6 Å². The van der Waals surface area contributed by atoms with Gasteiger partial charge in [0, 0.05) is 20.1 Å². The summed E-state index contributed by atoms with van der Waals surface area (Å²) in [6, 6.07) is 10.4. The van der Waals surface area contributed by atoms with Crippen LogP contribution in [0.25, 0.3) is 11.0 Å². The van der Waals surface area contributed by atoms with Gasteiger partial charge < -0.3 is 25.7 Å². The number of methoxy groups -OCH3 is 1. The van der Waals surface area contributed by atoms with Gasteiger partial charge in [-0.3, -0.25) is 14.6 Å². The third-order valence-corrected chi connectivity index (χ3v) is 5.91. The van der Waals surface area contributed by atoms with Crippen LogP contribution in [0.15, 0.2) is 41.4 Å². The normalized spacial score (nSPS) is 13.7. The number of aryl methyl sites for hydroxylation is 1. The summed E-state index contributed by atoms with van der Waals surface area (Å²) < 4.78 is 20.0. The van der Waals surface area contributed by atoms with Crippen LogP contribution >= 0.6 is 12.4 Å². The SMILES string of the molecule is COc1cccc2c1nc([C@H](CCCN=C(N)CF)NC(=O)c1cccc3c1C(=O)NC3)n2C.Cl. The van der Waals surface area contributed by atoms with E-state index in [4.69, 9.17) is 15.5 Å². The van der Waals surface area contributed by atoms with Crippen molar-refractivity contribution in [1.29, 1.82) is 0 Å². The van der Waals surface area contributed by atoms with Crippen LogP contribution in [0.5, 0.6) is 5.75 Å². The highest BCUT2D eigenvalue weighted by molar-refractivity contribution is 6.09. The van der Waals surface area contributed by atoms with Gasteiger partial charge >= 0.3 is 0 Å². The van der Waals surface area contributed by atoms with E-state index in [-0.39, 0.29) is 30.1 Å². The maximum absolute atomic E-state index is 13.3. The number of carbonyl (C=O) groups is 2. The van der Waals surface area contributed by atoms with E-state index >= 15 is 0 Å². The van der Waals surface area contributed by atoms with Crippen molar-refractivity contribution < 1.29 is 18.7 Å². The zero-order valence-corrected chi connectivity index (χ0v) is 20.3. The molecule has 0 bridgehead atoms. The number of amides is 2. The van der Waals surface area contributed by atoms with Crippen LogP contribution in [0.1, 0.15) is 51.0 Å². The van der Waals surface area contributed by atoms with Crippen LogP contribution < -0.4 is 21.1 Å². The first-order valence-corrected chi connectivity index (χ1v) is 11.0. The van der Waals surface area contributed by atoms with Crippen molar-refractivity contribution in [1.82, 2.24) is 20.2 Å². The Hall–Kier alpha value is -3.66. The lowest BCUT2D eigenvalue weighted by Crippen LogP contribution is -2.32. The molecule has 0 saturated heterocycles. The maximum atomic E-state index is 13.3. The molecule has 1 aliphatic heterocycles. The van der Waals surface area contributed by atoms with Gasteiger partial charge in [0.05, 0.1) is 29.8 Å². The third kappa shape index (κ3) is 5.22. The number of benzene rings is 2. The highest BCUT2D eigenvalue weighted by Gasteiger charge is 2.28. The molecular formula is C24H28ClFN6O3. The lowest BCUT2D eigenvalue weighted by molar-refractivity contribution is 0.0912. The van der Waals surface area contributed by atoms with E-state index in [0.717, 1.165) is 11.1 Å². The number of ether oxygens (including phenoxy) is 1. The van der Waals surface area contributed by atoms with Crippen molar-refractivity contribution >= 4 is 41.1 Å². The number of aromatic nitrogens is 2. The maximum Gasteiger partial charge on any atom is 0.252 e. The van der Waals surface area contributed by atoms with Crippen LogP contribution in [0, 0.1) is 0 Å². The molecule has 1 atom stereocenters. The summed E-state index contributed by atoms with van der Waals surface area (Å²) in [6.45, 7) is -0.0817. The fourth-order valence-electron chi connectivity index (χ4n) is 4.21. The lowest BCUT2D eigenvalue weighted by Gasteiger charge is -2.19. The molecule has 9 nitrogen and oxygen atoms in total. The first-order chi connectivity index (χ1) is 16.4. The van der Waals surface area contributed by atoms with Crippen molar-refractivity contribution in [2.75, 3.05) is 20.3 Å². The quantitative estimate of drug-likeness (QED) is 0.236. The Kier molecular flexibility index (Phi) is 8.29. The van der Waals surface area contributed by atoms with Crippen LogP contribution in [0.3, 0.4) is 0 Å². The molecule has 0 spiro atoms. The molecule has 4 N–H and O–H groups in total. The minimum Gasteiger partial charge on any atom is -0.494 e. The molecule has 0 radical (unpaired) electrons. The third-order valence-electron chi connectivity index (χ3n) is 5.91. The minimum atomic E-state index is -0.800. The van der Waals surface area contributed by atoms with Gasteiger partial charge in [0.25, 0.3) is 11.8 Å². The summed E-state index contributed by atoms with van der Waals surface area (Å²) in [5, 5.41) is 5.80. The fraction of sp³-hybridized carbons (Fsp3) is 0.333. The molecule has 2 amide bonds. The van der Waals surface area contributed by atoms with Crippen molar-refractivity contribution in [3.63, 3.8) is 0 Å². The smallest absolute Gasteiger partial charge is 0.252 e. The Bertz CT molecular complexity index is 1280. The summed E-state index contributed by atoms with van der Waals surface area (Å²) in [5.74, 6) is 0.569. The number of rotatable bonds is 9. The summed E-state index contributed by atoms with van der Waals surface area (Å²) in [4.78, 5) is 34.4. The van der Waals surface area contributed by atoms with Crippen molar-refractivity contribution in [3.05, 3.63) is 58.9 Å². The molecule has 35 heavy (non-hydrogen) atoms. The van der Waals surface area contributed by atoms with E-state index in [9.17, 15) is 14.0 Å².